The van der Waals surface area contributed by atoms with Gasteiger partial charge in [0.25, 0.3) is 5.56 Å². The fourth-order valence-electron chi connectivity index (χ4n) is 6.84. The molecule has 3 amide bonds. The molecule has 3 N–H and O–H groups in total. The molecule has 2 saturated heterocycles. The standard InChI is InChI=1S/C39H55N7O6/c1-38(2,3)52-37(50)40-17-8-11-30(25-29-9-6-5-7-10-29)35(48)45-19-15-39(51,16-20-45)27-46-28-41-33-26-31(12-13-32(33)36(46)49)42-34(47)14-18-44-23-21-43(4)22-24-44/h5-7,9-10,12-13,26,28,30,51H,8,11,14-25,27H2,1-4H3,(H,40,50)(H,42,47). The Balaban J connectivity index is 1.14. The maximum Gasteiger partial charge on any atom is 0.407 e. The number of benzene rings is 2. The third kappa shape index (κ3) is 11.3. The zero-order valence-electron chi connectivity index (χ0n) is 31.1. The smallest absolute Gasteiger partial charge is 0.407 e. The van der Waals surface area contributed by atoms with Gasteiger partial charge in [-0.1, -0.05) is 30.3 Å². The number of piperazine rings is 1. The Labute approximate surface area is 306 Å². The Morgan fingerprint density at radius 3 is 2.40 bits per heavy atom. The highest BCUT2D eigenvalue weighted by Gasteiger charge is 2.36. The summed E-state index contributed by atoms with van der Waals surface area (Å²) in [6.45, 7) is 11.2. The first kappa shape index (κ1) is 38.9. The van der Waals surface area contributed by atoms with Crippen LogP contribution in [0, 0.1) is 5.92 Å². The van der Waals surface area contributed by atoms with Crippen molar-refractivity contribution in [2.75, 3.05) is 64.7 Å². The van der Waals surface area contributed by atoms with E-state index in [4.69, 9.17) is 4.74 Å². The predicted molar refractivity (Wildman–Crippen MR) is 201 cm³/mol. The van der Waals surface area contributed by atoms with Gasteiger partial charge in [-0.2, -0.15) is 0 Å². The van der Waals surface area contributed by atoms with Gasteiger partial charge < -0.3 is 35.2 Å². The second-order valence-electron chi connectivity index (χ2n) is 15.4. The number of likely N-dealkylation sites (tertiary alicyclic amines) is 1. The summed E-state index contributed by atoms with van der Waals surface area (Å²) < 4.78 is 6.76. The number of alkyl carbamates (subject to hydrolysis) is 1. The van der Waals surface area contributed by atoms with Gasteiger partial charge in [0.1, 0.15) is 5.60 Å². The predicted octanol–water partition coefficient (Wildman–Crippen LogP) is 3.49. The number of aromatic nitrogens is 2. The molecular weight excluding hydrogens is 662 g/mol. The summed E-state index contributed by atoms with van der Waals surface area (Å²) in [5.74, 6) is -0.344. The van der Waals surface area contributed by atoms with E-state index in [1.165, 1.54) is 10.9 Å². The Hall–Kier alpha value is -4.33. The number of likely N-dealkylation sites (N-methyl/N-ethyl adjacent to an activating group) is 1. The van der Waals surface area contributed by atoms with Crippen molar-refractivity contribution in [3.8, 4) is 0 Å². The summed E-state index contributed by atoms with van der Waals surface area (Å²) in [5, 5.41) is 17.7. The summed E-state index contributed by atoms with van der Waals surface area (Å²) in [7, 11) is 2.10. The third-order valence-corrected chi connectivity index (χ3v) is 9.90. The minimum atomic E-state index is -1.18. The topological polar surface area (TPSA) is 149 Å². The summed E-state index contributed by atoms with van der Waals surface area (Å²) in [6, 6.07) is 15.0. The summed E-state index contributed by atoms with van der Waals surface area (Å²) >= 11 is 0. The number of hydrogen-bond acceptors (Lipinski definition) is 9. The molecule has 2 fully saturated rings. The Bertz CT molecular complexity index is 1720. The van der Waals surface area contributed by atoms with E-state index in [1.54, 1.807) is 18.2 Å². The van der Waals surface area contributed by atoms with Gasteiger partial charge in [-0.25, -0.2) is 9.78 Å². The maximum atomic E-state index is 13.8. The lowest BCUT2D eigenvalue weighted by Crippen LogP contribution is -2.51. The quantitative estimate of drug-likeness (QED) is 0.226. The fourth-order valence-corrected chi connectivity index (χ4v) is 6.84. The van der Waals surface area contributed by atoms with Gasteiger partial charge in [0.2, 0.25) is 11.8 Å². The van der Waals surface area contributed by atoms with E-state index in [-0.39, 0.29) is 29.8 Å². The molecule has 13 heteroatoms. The molecule has 1 aromatic heterocycles. The van der Waals surface area contributed by atoms with Crippen LogP contribution in [-0.2, 0) is 27.3 Å². The first-order valence-corrected chi connectivity index (χ1v) is 18.5. The number of amides is 3. The fraction of sp³-hybridized carbons (Fsp3) is 0.564. The van der Waals surface area contributed by atoms with Crippen LogP contribution in [-0.4, -0.2) is 118 Å². The second kappa shape index (κ2) is 17.5. The number of rotatable bonds is 13. The Morgan fingerprint density at radius 2 is 1.71 bits per heavy atom. The molecule has 3 aromatic rings. The SMILES string of the molecule is CN1CCN(CCC(=O)Nc2ccc3c(=O)n(CC4(O)CCN(C(=O)C(CCCNC(=O)OC(C)(C)C)Cc5ccccc5)CC4)cnc3c2)CC1. The van der Waals surface area contributed by atoms with E-state index in [2.05, 4.69) is 32.5 Å². The van der Waals surface area contributed by atoms with E-state index < -0.39 is 17.3 Å². The van der Waals surface area contributed by atoms with E-state index in [9.17, 15) is 24.3 Å². The average Bonchev–Trinajstić information content (AvgIpc) is 3.10. The molecule has 3 heterocycles. The molecular formula is C39H55N7O6. The maximum absolute atomic E-state index is 13.8. The Morgan fingerprint density at radius 1 is 1.00 bits per heavy atom. The molecule has 0 radical (unpaired) electrons. The van der Waals surface area contributed by atoms with Gasteiger partial charge in [-0.3, -0.25) is 19.0 Å². The summed E-state index contributed by atoms with van der Waals surface area (Å²) in [4.78, 5) is 62.9. The number of carbonyl (C=O) groups excluding carboxylic acids is 3. The van der Waals surface area contributed by atoms with Crippen LogP contribution in [0.1, 0.15) is 58.4 Å². The molecule has 1 atom stereocenters. The van der Waals surface area contributed by atoms with Crippen molar-refractivity contribution < 1.29 is 24.2 Å². The van der Waals surface area contributed by atoms with Gasteiger partial charge in [0.15, 0.2) is 0 Å². The number of nitrogens with one attached hydrogen (secondary N) is 2. The zero-order valence-corrected chi connectivity index (χ0v) is 31.1. The molecule has 2 aliphatic rings. The van der Waals surface area contributed by atoms with Crippen LogP contribution in [0.15, 0.2) is 59.7 Å². The molecule has 282 valence electrons. The third-order valence-electron chi connectivity index (χ3n) is 9.90. The van der Waals surface area contributed by atoms with Crippen LogP contribution in [0.4, 0.5) is 10.5 Å². The van der Waals surface area contributed by atoms with Gasteiger partial charge >= 0.3 is 6.09 Å². The molecule has 5 rings (SSSR count). The minimum absolute atomic E-state index is 0.0231. The van der Waals surface area contributed by atoms with Crippen molar-refractivity contribution in [1.82, 2.24) is 29.6 Å². The van der Waals surface area contributed by atoms with Gasteiger partial charge in [0, 0.05) is 70.4 Å². The molecule has 1 unspecified atom stereocenters. The molecule has 0 bridgehead atoms. The van der Waals surface area contributed by atoms with Crippen molar-refractivity contribution in [1.29, 1.82) is 0 Å². The van der Waals surface area contributed by atoms with Crippen LogP contribution in [0.25, 0.3) is 10.9 Å². The van der Waals surface area contributed by atoms with Gasteiger partial charge in [-0.15, -0.1) is 0 Å². The lowest BCUT2D eigenvalue weighted by molar-refractivity contribution is -0.140. The largest absolute Gasteiger partial charge is 0.444 e. The van der Waals surface area contributed by atoms with Crippen LogP contribution < -0.4 is 16.2 Å². The van der Waals surface area contributed by atoms with Gasteiger partial charge in [0.05, 0.1) is 29.4 Å². The van der Waals surface area contributed by atoms with Crippen LogP contribution >= 0.6 is 0 Å². The number of ether oxygens (including phenoxy) is 1. The minimum Gasteiger partial charge on any atom is -0.444 e. The van der Waals surface area contributed by atoms with Crippen molar-refractivity contribution in [3.05, 3.63) is 70.8 Å². The molecule has 2 aromatic carbocycles. The average molecular weight is 718 g/mol. The number of anilines is 1. The molecule has 2 aliphatic heterocycles. The van der Waals surface area contributed by atoms with Crippen molar-refractivity contribution in [3.63, 3.8) is 0 Å². The van der Waals surface area contributed by atoms with E-state index in [1.807, 2.05) is 56.0 Å². The Kier molecular flexibility index (Phi) is 13.1. The van der Waals surface area contributed by atoms with E-state index >= 15 is 0 Å². The highest BCUT2D eigenvalue weighted by molar-refractivity contribution is 5.93. The normalized spacial score (nSPS) is 17.4. The van der Waals surface area contributed by atoms with Gasteiger partial charge in [-0.05, 0) is 83.7 Å². The van der Waals surface area contributed by atoms with Crippen LogP contribution in [0.2, 0.25) is 0 Å². The number of hydrogen-bond donors (Lipinski definition) is 3. The highest BCUT2D eigenvalue weighted by atomic mass is 16.6. The number of aliphatic hydroxyl groups is 1. The lowest BCUT2D eigenvalue weighted by Gasteiger charge is -2.39. The number of carbonyl (C=O) groups is 3. The van der Waals surface area contributed by atoms with E-state index in [0.29, 0.717) is 81.3 Å². The number of fused-ring (bicyclic) bond motifs is 1. The molecule has 0 spiro atoms. The summed E-state index contributed by atoms with van der Waals surface area (Å²) in [6.07, 6.45) is 3.77. The van der Waals surface area contributed by atoms with E-state index in [0.717, 1.165) is 31.7 Å². The zero-order chi connectivity index (χ0) is 37.3. The number of nitrogens with zero attached hydrogens (tertiary/aromatic N) is 5. The monoisotopic (exact) mass is 717 g/mol. The number of piperidine rings is 1. The van der Waals surface area contributed by atoms with Crippen molar-refractivity contribution >= 4 is 34.5 Å². The second-order valence-corrected chi connectivity index (χ2v) is 15.4. The first-order chi connectivity index (χ1) is 24.8. The van der Waals surface area contributed by atoms with Crippen molar-refractivity contribution in [2.24, 2.45) is 5.92 Å². The summed E-state index contributed by atoms with van der Waals surface area (Å²) in [5.41, 5.74) is 0.0813. The highest BCUT2D eigenvalue weighted by Crippen LogP contribution is 2.27. The van der Waals surface area contributed by atoms with Crippen LogP contribution in [0.3, 0.4) is 0 Å². The molecule has 52 heavy (non-hydrogen) atoms. The molecule has 0 saturated carbocycles. The molecule has 13 nitrogen and oxygen atoms in total. The lowest BCUT2D eigenvalue weighted by atomic mass is 9.88. The van der Waals surface area contributed by atoms with Crippen LogP contribution in [0.5, 0.6) is 0 Å². The molecule has 0 aliphatic carbocycles. The first-order valence-electron chi connectivity index (χ1n) is 18.5. The van der Waals surface area contributed by atoms with Crippen molar-refractivity contribution in [2.45, 2.75) is 77.0 Å².